The van der Waals surface area contributed by atoms with Crippen LogP contribution in [0.4, 0.5) is 5.69 Å². The second-order valence-corrected chi connectivity index (χ2v) is 5.86. The lowest BCUT2D eigenvalue weighted by Crippen LogP contribution is -2.30. The standard InChI is InChI=1S/C16H26N2O3/c1-12(20-9-10-21-16(2,3)4)15(19)18-14-7-5-13(11-17)6-8-14/h5-8,12H,9-11,17H2,1-4H3,(H,18,19). The first kappa shape index (κ1) is 17.6. The van der Waals surface area contributed by atoms with E-state index in [2.05, 4.69) is 5.32 Å². The van der Waals surface area contributed by atoms with Crippen LogP contribution in [0.25, 0.3) is 0 Å². The Morgan fingerprint density at radius 3 is 2.38 bits per heavy atom. The molecule has 0 aliphatic rings. The second kappa shape index (κ2) is 8.12. The molecule has 0 bridgehead atoms. The van der Waals surface area contributed by atoms with E-state index in [4.69, 9.17) is 15.2 Å². The van der Waals surface area contributed by atoms with Crippen molar-refractivity contribution in [1.82, 2.24) is 0 Å². The Kier molecular flexibility index (Phi) is 6.81. The zero-order valence-corrected chi connectivity index (χ0v) is 13.3. The average Bonchev–Trinajstić information content (AvgIpc) is 2.43. The molecule has 21 heavy (non-hydrogen) atoms. The number of hydrogen-bond acceptors (Lipinski definition) is 4. The topological polar surface area (TPSA) is 73.6 Å². The Morgan fingerprint density at radius 2 is 1.86 bits per heavy atom. The maximum atomic E-state index is 12.0. The molecule has 0 heterocycles. The van der Waals surface area contributed by atoms with Crippen LogP contribution in [0.3, 0.4) is 0 Å². The van der Waals surface area contributed by atoms with Gasteiger partial charge in [0, 0.05) is 12.2 Å². The summed E-state index contributed by atoms with van der Waals surface area (Å²) in [5.41, 5.74) is 7.09. The van der Waals surface area contributed by atoms with Crippen LogP contribution in [0.1, 0.15) is 33.3 Å². The van der Waals surface area contributed by atoms with Crippen LogP contribution >= 0.6 is 0 Å². The van der Waals surface area contributed by atoms with Crippen molar-refractivity contribution in [3.63, 3.8) is 0 Å². The summed E-state index contributed by atoms with van der Waals surface area (Å²) >= 11 is 0. The van der Waals surface area contributed by atoms with Crippen molar-refractivity contribution >= 4 is 11.6 Å². The van der Waals surface area contributed by atoms with E-state index in [1.807, 2.05) is 45.0 Å². The maximum absolute atomic E-state index is 12.0. The van der Waals surface area contributed by atoms with E-state index < -0.39 is 6.10 Å². The molecule has 1 unspecified atom stereocenters. The number of hydrogen-bond donors (Lipinski definition) is 2. The molecule has 1 amide bonds. The summed E-state index contributed by atoms with van der Waals surface area (Å²) in [6.07, 6.45) is -0.525. The van der Waals surface area contributed by atoms with Gasteiger partial charge in [0.1, 0.15) is 6.10 Å². The second-order valence-electron chi connectivity index (χ2n) is 5.86. The summed E-state index contributed by atoms with van der Waals surface area (Å²) in [6.45, 7) is 9.00. The third kappa shape index (κ3) is 7.22. The largest absolute Gasteiger partial charge is 0.373 e. The van der Waals surface area contributed by atoms with Crippen molar-refractivity contribution in [1.29, 1.82) is 0 Å². The van der Waals surface area contributed by atoms with Crippen LogP contribution in [-0.4, -0.2) is 30.8 Å². The zero-order valence-electron chi connectivity index (χ0n) is 13.3. The molecular weight excluding hydrogens is 268 g/mol. The molecule has 0 fully saturated rings. The molecule has 1 rings (SSSR count). The highest BCUT2D eigenvalue weighted by Crippen LogP contribution is 2.10. The molecule has 5 heteroatoms. The van der Waals surface area contributed by atoms with Gasteiger partial charge in [-0.15, -0.1) is 0 Å². The van der Waals surface area contributed by atoms with Crippen molar-refractivity contribution < 1.29 is 14.3 Å². The number of ether oxygens (including phenoxy) is 2. The molecule has 1 aromatic carbocycles. The summed E-state index contributed by atoms with van der Waals surface area (Å²) in [5.74, 6) is -0.175. The highest BCUT2D eigenvalue weighted by Gasteiger charge is 2.14. The van der Waals surface area contributed by atoms with Crippen molar-refractivity contribution in [3.05, 3.63) is 29.8 Å². The molecule has 0 saturated heterocycles. The van der Waals surface area contributed by atoms with Crippen LogP contribution in [0.2, 0.25) is 0 Å². The smallest absolute Gasteiger partial charge is 0.253 e. The fourth-order valence-corrected chi connectivity index (χ4v) is 1.62. The number of nitrogens with two attached hydrogens (primary N) is 1. The monoisotopic (exact) mass is 294 g/mol. The van der Waals surface area contributed by atoms with E-state index in [-0.39, 0.29) is 11.5 Å². The van der Waals surface area contributed by atoms with E-state index in [1.54, 1.807) is 6.92 Å². The van der Waals surface area contributed by atoms with Gasteiger partial charge in [0.15, 0.2) is 0 Å². The number of anilines is 1. The van der Waals surface area contributed by atoms with Gasteiger partial charge in [-0.25, -0.2) is 0 Å². The maximum Gasteiger partial charge on any atom is 0.253 e. The van der Waals surface area contributed by atoms with Gasteiger partial charge in [0.05, 0.1) is 18.8 Å². The Hall–Kier alpha value is -1.43. The quantitative estimate of drug-likeness (QED) is 0.757. The van der Waals surface area contributed by atoms with Crippen LogP contribution in [0.5, 0.6) is 0 Å². The Labute approximate surface area is 126 Å². The Balaban J connectivity index is 2.33. The first-order valence-corrected chi connectivity index (χ1v) is 7.17. The van der Waals surface area contributed by atoms with E-state index in [0.717, 1.165) is 11.3 Å². The lowest BCUT2D eigenvalue weighted by Gasteiger charge is -2.20. The summed E-state index contributed by atoms with van der Waals surface area (Å²) in [6, 6.07) is 7.43. The highest BCUT2D eigenvalue weighted by atomic mass is 16.5. The molecule has 0 saturated carbocycles. The number of nitrogens with one attached hydrogen (secondary N) is 1. The molecule has 0 aliphatic carbocycles. The third-order valence-electron chi connectivity index (χ3n) is 2.81. The lowest BCUT2D eigenvalue weighted by atomic mass is 10.2. The first-order valence-electron chi connectivity index (χ1n) is 7.17. The first-order chi connectivity index (χ1) is 9.81. The number of amides is 1. The molecule has 0 radical (unpaired) electrons. The number of rotatable bonds is 7. The highest BCUT2D eigenvalue weighted by molar-refractivity contribution is 5.93. The van der Waals surface area contributed by atoms with Crippen molar-refractivity contribution in [2.45, 2.75) is 45.9 Å². The Bertz CT molecular complexity index is 438. The van der Waals surface area contributed by atoms with Crippen LogP contribution in [-0.2, 0) is 20.8 Å². The van der Waals surface area contributed by atoms with Crippen molar-refractivity contribution in [2.75, 3.05) is 18.5 Å². The van der Waals surface area contributed by atoms with Gasteiger partial charge in [-0.1, -0.05) is 12.1 Å². The van der Waals surface area contributed by atoms with E-state index in [0.29, 0.717) is 19.8 Å². The molecule has 1 aromatic rings. The van der Waals surface area contributed by atoms with Gasteiger partial charge in [-0.05, 0) is 45.4 Å². The van der Waals surface area contributed by atoms with Gasteiger partial charge in [-0.2, -0.15) is 0 Å². The fourth-order valence-electron chi connectivity index (χ4n) is 1.62. The normalized spacial score (nSPS) is 13.0. The SMILES string of the molecule is CC(OCCOC(C)(C)C)C(=O)Nc1ccc(CN)cc1. The summed E-state index contributed by atoms with van der Waals surface area (Å²) in [4.78, 5) is 12.0. The van der Waals surface area contributed by atoms with Crippen molar-refractivity contribution in [3.8, 4) is 0 Å². The van der Waals surface area contributed by atoms with Crippen LogP contribution in [0.15, 0.2) is 24.3 Å². The van der Waals surface area contributed by atoms with E-state index in [1.165, 1.54) is 0 Å². The van der Waals surface area contributed by atoms with Gasteiger partial charge in [-0.3, -0.25) is 4.79 Å². The molecule has 5 nitrogen and oxygen atoms in total. The Morgan fingerprint density at radius 1 is 1.24 bits per heavy atom. The number of carbonyl (C=O) groups excluding carboxylic acids is 1. The third-order valence-corrected chi connectivity index (χ3v) is 2.81. The summed E-state index contributed by atoms with van der Waals surface area (Å²) < 4.78 is 11.0. The molecular formula is C16H26N2O3. The molecule has 0 spiro atoms. The molecule has 0 aliphatic heterocycles. The predicted molar refractivity (Wildman–Crippen MR) is 84.1 cm³/mol. The van der Waals surface area contributed by atoms with E-state index in [9.17, 15) is 4.79 Å². The van der Waals surface area contributed by atoms with Gasteiger partial charge in [0.25, 0.3) is 5.91 Å². The molecule has 1 atom stereocenters. The van der Waals surface area contributed by atoms with Crippen LogP contribution < -0.4 is 11.1 Å². The van der Waals surface area contributed by atoms with E-state index >= 15 is 0 Å². The number of carbonyl (C=O) groups is 1. The minimum atomic E-state index is -0.525. The number of benzene rings is 1. The summed E-state index contributed by atoms with van der Waals surface area (Å²) in [7, 11) is 0. The lowest BCUT2D eigenvalue weighted by molar-refractivity contribution is -0.128. The summed E-state index contributed by atoms with van der Waals surface area (Å²) in [5, 5.41) is 2.80. The van der Waals surface area contributed by atoms with Crippen molar-refractivity contribution in [2.24, 2.45) is 5.73 Å². The van der Waals surface area contributed by atoms with Gasteiger partial charge >= 0.3 is 0 Å². The zero-order chi connectivity index (χ0) is 15.9. The average molecular weight is 294 g/mol. The molecule has 118 valence electrons. The molecule has 0 aromatic heterocycles. The van der Waals surface area contributed by atoms with Crippen LogP contribution in [0, 0.1) is 0 Å². The minimum Gasteiger partial charge on any atom is -0.373 e. The molecule has 3 N–H and O–H groups in total. The minimum absolute atomic E-state index is 0.175. The predicted octanol–water partition coefficient (Wildman–Crippen LogP) is 2.30. The van der Waals surface area contributed by atoms with Gasteiger partial charge in [0.2, 0.25) is 0 Å². The fraction of sp³-hybridized carbons (Fsp3) is 0.562. The van der Waals surface area contributed by atoms with Gasteiger partial charge < -0.3 is 20.5 Å².